The Morgan fingerprint density at radius 3 is 2.75 bits per heavy atom. The highest BCUT2D eigenvalue weighted by molar-refractivity contribution is 14.1. The molecule has 1 nitrogen and oxygen atoms in total. The van der Waals surface area contributed by atoms with Crippen molar-refractivity contribution in [1.82, 2.24) is 0 Å². The van der Waals surface area contributed by atoms with Gasteiger partial charge in [0.25, 0.3) is 0 Å². The second kappa shape index (κ2) is 3.24. The van der Waals surface area contributed by atoms with Crippen LogP contribution in [-0.2, 0) is 0 Å². The Balaban J connectivity index is 2.45. The Morgan fingerprint density at radius 1 is 1.42 bits per heavy atom. The van der Waals surface area contributed by atoms with Crippen molar-refractivity contribution < 1.29 is 4.74 Å². The van der Waals surface area contributed by atoms with Gasteiger partial charge in [-0.1, -0.05) is 6.07 Å². The molecule has 2 heteroatoms. The molecule has 2 rings (SSSR count). The van der Waals surface area contributed by atoms with Gasteiger partial charge in [-0.2, -0.15) is 0 Å². The summed E-state index contributed by atoms with van der Waals surface area (Å²) < 4.78 is 6.66. The van der Waals surface area contributed by atoms with Gasteiger partial charge < -0.3 is 4.74 Å². The van der Waals surface area contributed by atoms with Crippen molar-refractivity contribution in [3.05, 3.63) is 27.3 Å². The molecule has 0 saturated heterocycles. The number of benzene rings is 1. The van der Waals surface area contributed by atoms with E-state index in [-0.39, 0.29) is 0 Å². The summed E-state index contributed by atoms with van der Waals surface area (Å²) in [4.78, 5) is 0. The van der Waals surface area contributed by atoms with Gasteiger partial charge in [0, 0.05) is 9.13 Å². The van der Waals surface area contributed by atoms with Gasteiger partial charge in [0.05, 0.1) is 7.11 Å². The number of rotatable bonds is 2. The van der Waals surface area contributed by atoms with E-state index < -0.39 is 0 Å². The van der Waals surface area contributed by atoms with E-state index in [1.807, 2.05) is 6.07 Å². The number of ether oxygens (including phenoxy) is 1. The molecule has 0 spiro atoms. The second-order valence-electron chi connectivity index (χ2n) is 3.13. The molecule has 0 bridgehead atoms. The Labute approximate surface area is 86.3 Å². The van der Waals surface area contributed by atoms with Gasteiger partial charge in [0.2, 0.25) is 0 Å². The van der Waals surface area contributed by atoms with E-state index in [0.29, 0.717) is 0 Å². The van der Waals surface area contributed by atoms with Gasteiger partial charge in [0.15, 0.2) is 0 Å². The van der Waals surface area contributed by atoms with E-state index in [9.17, 15) is 0 Å². The molecule has 1 aromatic carbocycles. The van der Waals surface area contributed by atoms with Crippen LogP contribution in [0.1, 0.15) is 24.3 Å². The predicted octanol–water partition coefficient (Wildman–Crippen LogP) is 3.18. The molecule has 0 heterocycles. The lowest BCUT2D eigenvalue weighted by Crippen LogP contribution is -1.92. The van der Waals surface area contributed by atoms with E-state index in [2.05, 4.69) is 34.7 Å². The van der Waals surface area contributed by atoms with E-state index >= 15 is 0 Å². The highest BCUT2D eigenvalue weighted by Gasteiger charge is 2.28. The molecule has 1 aliphatic carbocycles. The van der Waals surface area contributed by atoms with Crippen LogP contribution in [0.2, 0.25) is 0 Å². The lowest BCUT2D eigenvalue weighted by molar-refractivity contribution is 0.409. The molecule has 0 N–H and O–H groups in total. The summed E-state index contributed by atoms with van der Waals surface area (Å²) in [6.45, 7) is 0. The average Bonchev–Trinajstić information content (AvgIpc) is 2.87. The van der Waals surface area contributed by atoms with Crippen molar-refractivity contribution >= 4 is 22.6 Å². The summed E-state index contributed by atoms with van der Waals surface area (Å²) in [5.41, 5.74) is 1.42. The van der Waals surface area contributed by atoms with E-state index in [1.54, 1.807) is 7.11 Å². The van der Waals surface area contributed by atoms with E-state index in [4.69, 9.17) is 4.74 Å². The van der Waals surface area contributed by atoms with Crippen molar-refractivity contribution in [1.29, 1.82) is 0 Å². The van der Waals surface area contributed by atoms with Gasteiger partial charge in [-0.3, -0.25) is 0 Å². The van der Waals surface area contributed by atoms with Gasteiger partial charge in [-0.15, -0.1) is 0 Å². The lowest BCUT2D eigenvalue weighted by atomic mass is 10.1. The van der Waals surface area contributed by atoms with E-state index in [0.717, 1.165) is 11.7 Å². The Hall–Kier alpha value is -0.250. The zero-order valence-electron chi connectivity index (χ0n) is 7.01. The summed E-state index contributed by atoms with van der Waals surface area (Å²) in [5, 5.41) is 0. The first-order chi connectivity index (χ1) is 5.83. The molecular weight excluding hydrogens is 263 g/mol. The van der Waals surface area contributed by atoms with Crippen LogP contribution in [0.5, 0.6) is 5.75 Å². The van der Waals surface area contributed by atoms with Crippen LogP contribution in [0.15, 0.2) is 18.2 Å². The largest absolute Gasteiger partial charge is 0.496 e. The van der Waals surface area contributed by atoms with Crippen molar-refractivity contribution in [2.75, 3.05) is 7.11 Å². The molecule has 1 fully saturated rings. The third-order valence-corrected chi connectivity index (χ3v) is 3.16. The van der Waals surface area contributed by atoms with E-state index in [1.165, 1.54) is 22.0 Å². The minimum Gasteiger partial charge on any atom is -0.496 e. The van der Waals surface area contributed by atoms with Crippen LogP contribution < -0.4 is 4.74 Å². The number of methoxy groups -OCH3 is 1. The minimum absolute atomic E-state index is 0.771. The topological polar surface area (TPSA) is 9.23 Å². The quantitative estimate of drug-likeness (QED) is 0.753. The molecule has 1 aromatic rings. The smallest absolute Gasteiger partial charge is 0.123 e. The highest BCUT2D eigenvalue weighted by atomic mass is 127. The Morgan fingerprint density at radius 2 is 2.17 bits per heavy atom. The zero-order chi connectivity index (χ0) is 8.55. The molecule has 0 unspecified atom stereocenters. The standard InChI is InChI=1S/C10H11IO/c1-12-9-4-2-3-8(11)10(9)7-5-6-7/h2-4,7H,5-6H2,1H3. The van der Waals surface area contributed by atoms with Crippen LogP contribution in [0.25, 0.3) is 0 Å². The van der Waals surface area contributed by atoms with Crippen LogP contribution in [0, 0.1) is 3.57 Å². The molecule has 12 heavy (non-hydrogen) atoms. The SMILES string of the molecule is COc1cccc(I)c1C1CC1. The van der Waals surface area contributed by atoms with Crippen molar-refractivity contribution in [2.24, 2.45) is 0 Å². The molecule has 1 aliphatic rings. The minimum atomic E-state index is 0.771. The maximum Gasteiger partial charge on any atom is 0.123 e. The molecule has 0 radical (unpaired) electrons. The van der Waals surface area contributed by atoms with Gasteiger partial charge in [-0.05, 0) is 53.5 Å². The van der Waals surface area contributed by atoms with Crippen LogP contribution >= 0.6 is 22.6 Å². The van der Waals surface area contributed by atoms with Crippen LogP contribution in [-0.4, -0.2) is 7.11 Å². The molecule has 0 amide bonds. The third kappa shape index (κ3) is 1.44. The molecule has 64 valence electrons. The molecule has 1 saturated carbocycles. The molecular formula is C10H11IO. The Bertz CT molecular complexity index is 292. The highest BCUT2D eigenvalue weighted by Crippen LogP contribution is 2.46. The summed E-state index contributed by atoms with van der Waals surface area (Å²) >= 11 is 2.38. The maximum absolute atomic E-state index is 5.32. The second-order valence-corrected chi connectivity index (χ2v) is 4.29. The first-order valence-corrected chi connectivity index (χ1v) is 5.23. The molecule has 0 aromatic heterocycles. The fourth-order valence-electron chi connectivity index (χ4n) is 1.46. The normalized spacial score (nSPS) is 16.2. The van der Waals surface area contributed by atoms with Crippen LogP contribution in [0.4, 0.5) is 0 Å². The fourth-order valence-corrected chi connectivity index (χ4v) is 2.38. The first-order valence-electron chi connectivity index (χ1n) is 4.15. The van der Waals surface area contributed by atoms with Gasteiger partial charge in [-0.25, -0.2) is 0 Å². The summed E-state index contributed by atoms with van der Waals surface area (Å²) in [6, 6.07) is 6.25. The zero-order valence-corrected chi connectivity index (χ0v) is 9.17. The molecule has 0 atom stereocenters. The average molecular weight is 274 g/mol. The number of hydrogen-bond acceptors (Lipinski definition) is 1. The van der Waals surface area contributed by atoms with Crippen molar-refractivity contribution in [3.8, 4) is 5.75 Å². The van der Waals surface area contributed by atoms with Gasteiger partial charge >= 0.3 is 0 Å². The Kier molecular flexibility index (Phi) is 2.26. The summed E-state index contributed by atoms with van der Waals surface area (Å²) in [7, 11) is 1.75. The van der Waals surface area contributed by atoms with Crippen LogP contribution in [0.3, 0.4) is 0 Å². The van der Waals surface area contributed by atoms with Crippen molar-refractivity contribution in [2.45, 2.75) is 18.8 Å². The lowest BCUT2D eigenvalue weighted by Gasteiger charge is -2.08. The third-order valence-electron chi connectivity index (χ3n) is 2.22. The summed E-state index contributed by atoms with van der Waals surface area (Å²) in [6.07, 6.45) is 2.66. The van der Waals surface area contributed by atoms with Crippen molar-refractivity contribution in [3.63, 3.8) is 0 Å². The first kappa shape index (κ1) is 8.35. The molecule has 0 aliphatic heterocycles. The predicted molar refractivity (Wildman–Crippen MR) is 57.7 cm³/mol. The summed E-state index contributed by atoms with van der Waals surface area (Å²) in [5.74, 6) is 1.83. The maximum atomic E-state index is 5.32. The van der Waals surface area contributed by atoms with Gasteiger partial charge in [0.1, 0.15) is 5.75 Å². The number of halogens is 1. The fraction of sp³-hybridized carbons (Fsp3) is 0.400. The monoisotopic (exact) mass is 274 g/mol. The number of hydrogen-bond donors (Lipinski definition) is 0.